The summed E-state index contributed by atoms with van der Waals surface area (Å²) in [6, 6.07) is 0. The molecular formula is C23H32O3Si. The zero-order valence-electron chi connectivity index (χ0n) is 17.3. The second kappa shape index (κ2) is 7.61. The molecule has 0 amide bonds. The molecule has 1 N–H and O–H groups in total. The molecule has 0 bridgehead atoms. The molecule has 0 spiro atoms. The fourth-order valence-electron chi connectivity index (χ4n) is 3.25. The predicted octanol–water partition coefficient (Wildman–Crippen LogP) is 4.34. The molecule has 1 saturated heterocycles. The minimum atomic E-state index is -1.93. The van der Waals surface area contributed by atoms with E-state index >= 15 is 0 Å². The number of aliphatic hydroxyl groups is 1. The minimum absolute atomic E-state index is 0.0666. The zero-order valence-corrected chi connectivity index (χ0v) is 18.3. The van der Waals surface area contributed by atoms with Crippen molar-refractivity contribution in [1.29, 1.82) is 0 Å². The van der Waals surface area contributed by atoms with Gasteiger partial charge in [-0.3, -0.25) is 0 Å². The number of allylic oxidation sites excluding steroid dienone is 4. The molecule has 27 heavy (non-hydrogen) atoms. The van der Waals surface area contributed by atoms with Crippen LogP contribution in [0.3, 0.4) is 0 Å². The van der Waals surface area contributed by atoms with Crippen LogP contribution in [-0.2, 0) is 9.16 Å². The Labute approximate surface area is 165 Å². The van der Waals surface area contributed by atoms with Crippen LogP contribution in [0.2, 0.25) is 18.1 Å². The Kier molecular flexibility index (Phi) is 5.76. The highest BCUT2D eigenvalue weighted by atomic mass is 28.4. The van der Waals surface area contributed by atoms with E-state index in [9.17, 15) is 5.11 Å². The highest BCUT2D eigenvalue weighted by molar-refractivity contribution is 6.74. The van der Waals surface area contributed by atoms with Gasteiger partial charge in [0.25, 0.3) is 0 Å². The van der Waals surface area contributed by atoms with Gasteiger partial charge < -0.3 is 14.3 Å². The number of ether oxygens (including phenoxy) is 1. The molecule has 4 heteroatoms. The Hall–Kier alpha value is -1.30. The van der Waals surface area contributed by atoms with E-state index in [2.05, 4.69) is 63.6 Å². The van der Waals surface area contributed by atoms with Crippen molar-refractivity contribution in [3.63, 3.8) is 0 Å². The predicted molar refractivity (Wildman–Crippen MR) is 112 cm³/mol. The standard InChI is InChI=1S/C23H32O3Si/c1-22(2,3)27(4,5)25-17-20(24)23-16-15-19-13-10-9-12-18(19)11-7-6-8-14-21(23)26-23/h11,13,20-21,24H,8-10,12,14,17H2,1-5H3/b18-11-/t20-,21-,23-/m1/s1. The van der Waals surface area contributed by atoms with Gasteiger partial charge in [-0.2, -0.15) is 0 Å². The summed E-state index contributed by atoms with van der Waals surface area (Å²) in [7, 11) is -1.93. The van der Waals surface area contributed by atoms with E-state index in [-0.39, 0.29) is 17.7 Å². The number of fused-ring (bicyclic) bond motifs is 2. The second-order valence-corrected chi connectivity index (χ2v) is 14.1. The van der Waals surface area contributed by atoms with E-state index in [1.807, 2.05) is 6.08 Å². The first-order chi connectivity index (χ1) is 12.7. The largest absolute Gasteiger partial charge is 0.414 e. The Balaban J connectivity index is 1.80. The lowest BCUT2D eigenvalue weighted by Crippen LogP contribution is -2.45. The molecule has 1 fully saturated rings. The van der Waals surface area contributed by atoms with Crippen molar-refractivity contribution < 1.29 is 14.3 Å². The van der Waals surface area contributed by atoms with Crippen molar-refractivity contribution in [1.82, 2.24) is 0 Å². The van der Waals surface area contributed by atoms with E-state index in [1.54, 1.807) is 0 Å². The lowest BCUT2D eigenvalue weighted by Gasteiger charge is -2.37. The number of aliphatic hydroxyl groups excluding tert-OH is 1. The van der Waals surface area contributed by atoms with Crippen LogP contribution in [0, 0.1) is 23.7 Å². The molecule has 146 valence electrons. The van der Waals surface area contributed by atoms with Gasteiger partial charge in [0.15, 0.2) is 13.9 Å². The van der Waals surface area contributed by atoms with E-state index < -0.39 is 20.0 Å². The SMILES string of the molecule is CC(C)(C)[Si](C)(C)OC[C@@H](O)[C@]12C#CC3=CCCC/C3=C/C#CCC[C@H]1O2. The van der Waals surface area contributed by atoms with Gasteiger partial charge >= 0.3 is 0 Å². The molecule has 3 nitrogen and oxygen atoms in total. The molecule has 3 atom stereocenters. The fraction of sp³-hybridized carbons (Fsp3) is 0.652. The molecule has 0 radical (unpaired) electrons. The molecule has 2 aliphatic carbocycles. The number of epoxide rings is 1. The quantitative estimate of drug-likeness (QED) is 0.445. The summed E-state index contributed by atoms with van der Waals surface area (Å²) in [6.45, 7) is 11.3. The summed E-state index contributed by atoms with van der Waals surface area (Å²) in [5.41, 5.74) is 1.45. The Morgan fingerprint density at radius 3 is 2.93 bits per heavy atom. The normalized spacial score (nSPS) is 30.5. The van der Waals surface area contributed by atoms with E-state index in [0.717, 1.165) is 37.7 Å². The lowest BCUT2D eigenvalue weighted by molar-refractivity contribution is 0.0524. The molecule has 0 aromatic carbocycles. The smallest absolute Gasteiger partial charge is 0.192 e. The molecule has 0 unspecified atom stereocenters. The average Bonchev–Trinajstić information content (AvgIpc) is 3.31. The topological polar surface area (TPSA) is 42.0 Å². The minimum Gasteiger partial charge on any atom is -0.414 e. The third kappa shape index (κ3) is 4.41. The summed E-state index contributed by atoms with van der Waals surface area (Å²) in [6.07, 6.45) is 8.15. The van der Waals surface area contributed by atoms with E-state index in [4.69, 9.17) is 9.16 Å². The maximum atomic E-state index is 10.9. The van der Waals surface area contributed by atoms with Crippen molar-refractivity contribution in [2.24, 2.45) is 0 Å². The summed E-state index contributed by atoms with van der Waals surface area (Å²) >= 11 is 0. The molecule has 0 aromatic heterocycles. The van der Waals surface area contributed by atoms with Gasteiger partial charge in [-0.15, -0.1) is 0 Å². The van der Waals surface area contributed by atoms with Gasteiger partial charge in [-0.05, 0) is 55.5 Å². The van der Waals surface area contributed by atoms with Crippen molar-refractivity contribution in [2.75, 3.05) is 6.61 Å². The number of hydrogen-bond donors (Lipinski definition) is 1. The van der Waals surface area contributed by atoms with Crippen LogP contribution in [0.1, 0.15) is 52.9 Å². The van der Waals surface area contributed by atoms with Crippen LogP contribution in [0.15, 0.2) is 23.3 Å². The molecule has 3 rings (SSSR count). The maximum absolute atomic E-state index is 10.9. The second-order valence-electron chi connectivity index (χ2n) is 9.28. The Bertz CT molecular complexity index is 763. The Morgan fingerprint density at radius 2 is 2.19 bits per heavy atom. The van der Waals surface area contributed by atoms with Crippen LogP contribution in [0.25, 0.3) is 0 Å². The van der Waals surface area contributed by atoms with Gasteiger partial charge in [0.05, 0.1) is 6.61 Å². The van der Waals surface area contributed by atoms with Crippen LogP contribution in [0.5, 0.6) is 0 Å². The molecule has 3 aliphatic rings. The Morgan fingerprint density at radius 1 is 1.41 bits per heavy atom. The monoisotopic (exact) mass is 384 g/mol. The maximum Gasteiger partial charge on any atom is 0.192 e. The first-order valence-electron chi connectivity index (χ1n) is 10.1. The average molecular weight is 385 g/mol. The fourth-order valence-corrected chi connectivity index (χ4v) is 4.26. The molecule has 1 heterocycles. The highest BCUT2D eigenvalue weighted by Gasteiger charge is 2.60. The third-order valence-corrected chi connectivity index (χ3v) is 10.8. The highest BCUT2D eigenvalue weighted by Crippen LogP contribution is 2.44. The van der Waals surface area contributed by atoms with Gasteiger partial charge in [0.1, 0.15) is 12.2 Å². The zero-order chi connectivity index (χ0) is 19.7. The summed E-state index contributed by atoms with van der Waals surface area (Å²) in [5, 5.41) is 11.1. The number of hydrogen-bond acceptors (Lipinski definition) is 3. The number of rotatable bonds is 4. The molecule has 0 saturated carbocycles. The molecule has 1 aliphatic heterocycles. The first-order valence-corrected chi connectivity index (χ1v) is 13.0. The van der Waals surface area contributed by atoms with Crippen molar-refractivity contribution in [3.05, 3.63) is 23.3 Å². The van der Waals surface area contributed by atoms with Crippen molar-refractivity contribution in [2.45, 2.75) is 88.8 Å². The van der Waals surface area contributed by atoms with Gasteiger partial charge in [0, 0.05) is 12.0 Å². The summed E-state index contributed by atoms with van der Waals surface area (Å²) < 4.78 is 12.2. The van der Waals surface area contributed by atoms with Crippen LogP contribution < -0.4 is 0 Å². The van der Waals surface area contributed by atoms with Crippen LogP contribution in [0.4, 0.5) is 0 Å². The first kappa shape index (κ1) is 20.4. The van der Waals surface area contributed by atoms with Crippen LogP contribution in [-0.4, -0.2) is 37.8 Å². The van der Waals surface area contributed by atoms with Gasteiger partial charge in [-0.1, -0.05) is 50.5 Å². The third-order valence-electron chi connectivity index (χ3n) is 6.28. The summed E-state index contributed by atoms with van der Waals surface area (Å²) in [4.78, 5) is 0. The molecule has 0 aromatic rings. The van der Waals surface area contributed by atoms with E-state index in [0.29, 0.717) is 0 Å². The van der Waals surface area contributed by atoms with Crippen molar-refractivity contribution >= 4 is 8.32 Å². The van der Waals surface area contributed by atoms with Gasteiger partial charge in [0.2, 0.25) is 0 Å². The van der Waals surface area contributed by atoms with Gasteiger partial charge in [-0.25, -0.2) is 0 Å². The molecular weight excluding hydrogens is 352 g/mol. The van der Waals surface area contributed by atoms with Crippen LogP contribution >= 0.6 is 0 Å². The van der Waals surface area contributed by atoms with Crippen molar-refractivity contribution in [3.8, 4) is 23.7 Å². The van der Waals surface area contributed by atoms with E-state index in [1.165, 1.54) is 5.57 Å². The summed E-state index contributed by atoms with van der Waals surface area (Å²) in [5.74, 6) is 13.0. The lowest BCUT2D eigenvalue weighted by atomic mass is 9.92.